The Bertz CT molecular complexity index is 439. The van der Waals surface area contributed by atoms with Crippen LogP contribution < -0.4 is 5.73 Å². The van der Waals surface area contributed by atoms with Crippen LogP contribution in [0.2, 0.25) is 0 Å². The van der Waals surface area contributed by atoms with Gasteiger partial charge >= 0.3 is 0 Å². The van der Waals surface area contributed by atoms with Crippen molar-refractivity contribution in [1.82, 2.24) is 9.80 Å². The van der Waals surface area contributed by atoms with Crippen LogP contribution in [-0.2, 0) is 0 Å². The number of hydrogen-bond donors (Lipinski definition) is 3. The first-order valence-corrected chi connectivity index (χ1v) is 7.06. The second-order valence-corrected chi connectivity index (χ2v) is 5.95. The smallest absolute Gasteiger partial charge is 0.0917 e. The number of β-amino-alcohol motifs (C(OH)–C–C–N with tert-alkyl or cyclic N) is 2. The first-order valence-electron chi connectivity index (χ1n) is 7.06. The molecule has 20 heavy (non-hydrogen) atoms. The van der Waals surface area contributed by atoms with Crippen molar-refractivity contribution >= 4 is 5.69 Å². The zero-order chi connectivity index (χ0) is 14.7. The Hall–Kier alpha value is -1.14. The number of aliphatic hydroxyl groups is 2. The van der Waals surface area contributed by atoms with Crippen LogP contribution in [-0.4, -0.2) is 65.9 Å². The van der Waals surface area contributed by atoms with Crippen LogP contribution in [0.1, 0.15) is 18.1 Å². The van der Waals surface area contributed by atoms with Gasteiger partial charge in [0.25, 0.3) is 0 Å². The number of aliphatic hydroxyl groups excluding tert-OH is 2. The highest BCUT2D eigenvalue weighted by molar-refractivity contribution is 5.41. The molecule has 3 atom stereocenters. The minimum Gasteiger partial charge on any atom is -0.399 e. The molecule has 0 amide bonds. The third-order valence-corrected chi connectivity index (χ3v) is 3.78. The number of nitrogens with zero attached hydrogens (tertiary/aromatic N) is 2. The monoisotopic (exact) mass is 279 g/mol. The van der Waals surface area contributed by atoms with Crippen LogP contribution in [0.25, 0.3) is 0 Å². The summed E-state index contributed by atoms with van der Waals surface area (Å²) >= 11 is 0. The fourth-order valence-electron chi connectivity index (χ4n) is 2.89. The Morgan fingerprint density at radius 1 is 1.45 bits per heavy atom. The Morgan fingerprint density at radius 3 is 2.85 bits per heavy atom. The van der Waals surface area contributed by atoms with E-state index in [0.717, 1.165) is 18.5 Å². The average molecular weight is 279 g/mol. The van der Waals surface area contributed by atoms with Gasteiger partial charge in [-0.3, -0.25) is 4.90 Å². The maximum atomic E-state index is 10.4. The summed E-state index contributed by atoms with van der Waals surface area (Å²) in [6.07, 6.45) is -0.108. The van der Waals surface area contributed by atoms with Crippen molar-refractivity contribution in [3.8, 4) is 0 Å². The van der Waals surface area contributed by atoms with Gasteiger partial charge in [0.2, 0.25) is 0 Å². The highest BCUT2D eigenvalue weighted by Crippen LogP contribution is 2.23. The summed E-state index contributed by atoms with van der Waals surface area (Å²) in [6, 6.07) is 7.64. The molecule has 4 N–H and O–H groups in total. The van der Waals surface area contributed by atoms with Gasteiger partial charge in [-0.1, -0.05) is 12.1 Å². The lowest BCUT2D eigenvalue weighted by molar-refractivity contribution is 0.0925. The highest BCUT2D eigenvalue weighted by Gasteiger charge is 2.32. The molecule has 1 aromatic rings. The van der Waals surface area contributed by atoms with Gasteiger partial charge < -0.3 is 20.8 Å². The van der Waals surface area contributed by atoms with Crippen molar-refractivity contribution in [3.05, 3.63) is 29.8 Å². The maximum Gasteiger partial charge on any atom is 0.0917 e. The summed E-state index contributed by atoms with van der Waals surface area (Å²) in [5.41, 5.74) is 7.24. The molecule has 0 spiro atoms. The number of anilines is 1. The van der Waals surface area contributed by atoms with Crippen molar-refractivity contribution < 1.29 is 10.2 Å². The molecule has 5 nitrogen and oxygen atoms in total. The van der Waals surface area contributed by atoms with E-state index in [0.29, 0.717) is 18.8 Å². The Morgan fingerprint density at radius 2 is 2.20 bits per heavy atom. The van der Waals surface area contributed by atoms with E-state index in [2.05, 4.69) is 9.80 Å². The van der Waals surface area contributed by atoms with Crippen molar-refractivity contribution in [3.63, 3.8) is 0 Å². The lowest BCUT2D eigenvalue weighted by atomic mass is 10.1. The number of rotatable bonds is 5. The van der Waals surface area contributed by atoms with E-state index in [1.807, 2.05) is 32.3 Å². The topological polar surface area (TPSA) is 73.0 Å². The summed E-state index contributed by atoms with van der Waals surface area (Å²) in [5, 5.41) is 20.2. The van der Waals surface area contributed by atoms with Crippen LogP contribution in [0.15, 0.2) is 24.3 Å². The van der Waals surface area contributed by atoms with E-state index in [-0.39, 0.29) is 12.1 Å². The van der Waals surface area contributed by atoms with Gasteiger partial charge in [-0.15, -0.1) is 0 Å². The summed E-state index contributed by atoms with van der Waals surface area (Å²) in [4.78, 5) is 4.28. The number of nitrogens with two attached hydrogens (primary N) is 1. The predicted octanol–water partition coefficient (Wildman–Crippen LogP) is 0.299. The molecular weight excluding hydrogens is 254 g/mol. The molecule has 1 aromatic carbocycles. The number of hydrogen-bond acceptors (Lipinski definition) is 5. The normalized spacial score (nSPS) is 25.2. The van der Waals surface area contributed by atoms with Crippen LogP contribution in [0.3, 0.4) is 0 Å². The van der Waals surface area contributed by atoms with Crippen LogP contribution in [0.5, 0.6) is 0 Å². The quantitative estimate of drug-likeness (QED) is 0.676. The third-order valence-electron chi connectivity index (χ3n) is 3.78. The summed E-state index contributed by atoms with van der Waals surface area (Å²) in [5.74, 6) is 0. The van der Waals surface area contributed by atoms with E-state index in [4.69, 9.17) is 5.73 Å². The number of benzene rings is 1. The van der Waals surface area contributed by atoms with E-state index < -0.39 is 6.10 Å². The Kier molecular flexibility index (Phi) is 4.99. The van der Waals surface area contributed by atoms with Crippen molar-refractivity contribution in [2.24, 2.45) is 0 Å². The second-order valence-electron chi connectivity index (χ2n) is 5.95. The molecule has 1 aliphatic heterocycles. The largest absolute Gasteiger partial charge is 0.399 e. The lowest BCUT2D eigenvalue weighted by Gasteiger charge is -2.28. The predicted molar refractivity (Wildman–Crippen MR) is 80.4 cm³/mol. The minimum absolute atomic E-state index is 0.288. The minimum atomic E-state index is -0.575. The van der Waals surface area contributed by atoms with E-state index in [1.54, 1.807) is 6.07 Å². The zero-order valence-electron chi connectivity index (χ0n) is 12.2. The lowest BCUT2D eigenvalue weighted by Crippen LogP contribution is -2.39. The molecule has 5 heteroatoms. The number of likely N-dealkylation sites (N-methyl/N-ethyl adjacent to an activating group) is 1. The van der Waals surface area contributed by atoms with Gasteiger partial charge in [0, 0.05) is 31.4 Å². The Balaban J connectivity index is 2.00. The van der Waals surface area contributed by atoms with E-state index in [9.17, 15) is 10.2 Å². The molecule has 112 valence electrons. The molecule has 1 fully saturated rings. The molecule has 0 aliphatic carbocycles. The number of likely N-dealkylation sites (tertiary alicyclic amines) is 1. The second kappa shape index (κ2) is 6.54. The van der Waals surface area contributed by atoms with E-state index >= 15 is 0 Å². The fourth-order valence-corrected chi connectivity index (χ4v) is 2.89. The molecule has 0 saturated carbocycles. The SMILES string of the molecule is CN(C)CC1CC(O)CN1CC(O)c1cccc(N)c1. The van der Waals surface area contributed by atoms with E-state index in [1.165, 1.54) is 0 Å². The van der Waals surface area contributed by atoms with Gasteiger partial charge in [-0.05, 0) is 38.2 Å². The number of nitrogen functional groups attached to an aromatic ring is 1. The van der Waals surface area contributed by atoms with Crippen LogP contribution in [0, 0.1) is 0 Å². The molecule has 1 heterocycles. The first kappa shape index (κ1) is 15.3. The van der Waals surface area contributed by atoms with Crippen molar-refractivity contribution in [2.45, 2.75) is 24.7 Å². The summed E-state index contributed by atoms with van der Waals surface area (Å²) in [7, 11) is 4.05. The molecule has 3 unspecified atom stereocenters. The van der Waals surface area contributed by atoms with Gasteiger partial charge in [0.15, 0.2) is 0 Å². The molecule has 0 bridgehead atoms. The first-order chi connectivity index (χ1) is 9.45. The van der Waals surface area contributed by atoms with Gasteiger partial charge in [-0.25, -0.2) is 0 Å². The van der Waals surface area contributed by atoms with Gasteiger partial charge in [0.1, 0.15) is 0 Å². The third kappa shape index (κ3) is 3.93. The fraction of sp³-hybridized carbons (Fsp3) is 0.600. The van der Waals surface area contributed by atoms with Crippen molar-refractivity contribution in [1.29, 1.82) is 0 Å². The molecule has 2 rings (SSSR count). The molecule has 0 aromatic heterocycles. The molecule has 1 aliphatic rings. The molecular formula is C15H25N3O2. The Labute approximate surface area is 120 Å². The van der Waals surface area contributed by atoms with Crippen molar-refractivity contribution in [2.75, 3.05) is 39.5 Å². The molecule has 1 saturated heterocycles. The maximum absolute atomic E-state index is 10.4. The standard InChI is InChI=1S/C15H25N3O2/c1-17(2)8-13-7-14(19)9-18(13)10-15(20)11-4-3-5-12(16)6-11/h3-6,13-15,19-20H,7-10,16H2,1-2H3. The average Bonchev–Trinajstić information content (AvgIpc) is 2.68. The van der Waals surface area contributed by atoms with Crippen LogP contribution in [0.4, 0.5) is 5.69 Å². The highest BCUT2D eigenvalue weighted by atomic mass is 16.3. The zero-order valence-corrected chi connectivity index (χ0v) is 12.2. The molecule has 0 radical (unpaired) electrons. The summed E-state index contributed by atoms with van der Waals surface area (Å²) < 4.78 is 0. The van der Waals surface area contributed by atoms with Gasteiger partial charge in [-0.2, -0.15) is 0 Å². The summed E-state index contributed by atoms with van der Waals surface area (Å²) in [6.45, 7) is 2.04. The van der Waals surface area contributed by atoms with Crippen LogP contribution >= 0.6 is 0 Å². The van der Waals surface area contributed by atoms with Gasteiger partial charge in [0.05, 0.1) is 12.2 Å².